The second-order valence-corrected chi connectivity index (χ2v) is 5.07. The first-order valence-corrected chi connectivity index (χ1v) is 7.13. The summed E-state index contributed by atoms with van der Waals surface area (Å²) in [6.45, 7) is 5.86. The Bertz CT molecular complexity index is 563. The first-order valence-electron chi connectivity index (χ1n) is 7.13. The molecule has 0 aliphatic carbocycles. The fourth-order valence-electron chi connectivity index (χ4n) is 2.46. The van der Waals surface area contributed by atoms with Crippen LogP contribution in [0, 0.1) is 6.92 Å². The third-order valence-corrected chi connectivity index (χ3v) is 3.51. The van der Waals surface area contributed by atoms with Gasteiger partial charge in [-0.2, -0.15) is 0 Å². The summed E-state index contributed by atoms with van der Waals surface area (Å²) in [7, 11) is 1.73. The van der Waals surface area contributed by atoms with E-state index in [0.29, 0.717) is 6.61 Å². The highest BCUT2D eigenvalue weighted by molar-refractivity contribution is 5.57. The van der Waals surface area contributed by atoms with Crippen LogP contribution in [0.25, 0.3) is 0 Å². The molecule has 0 fully saturated rings. The fourth-order valence-corrected chi connectivity index (χ4v) is 2.46. The quantitative estimate of drug-likeness (QED) is 0.843. The molecule has 0 spiro atoms. The maximum absolute atomic E-state index is 5.18. The third-order valence-electron chi connectivity index (χ3n) is 3.51. The van der Waals surface area contributed by atoms with Crippen molar-refractivity contribution in [3.63, 3.8) is 0 Å². The molecule has 0 aliphatic heterocycles. The van der Waals surface area contributed by atoms with Gasteiger partial charge in [0, 0.05) is 19.3 Å². The van der Waals surface area contributed by atoms with Crippen LogP contribution in [0.2, 0.25) is 0 Å². The van der Waals surface area contributed by atoms with Gasteiger partial charge in [-0.05, 0) is 35.6 Å². The van der Waals surface area contributed by atoms with Crippen molar-refractivity contribution in [2.24, 2.45) is 0 Å². The Hall–Kier alpha value is -1.80. The maximum Gasteiger partial charge on any atom is 0.0713 e. The number of methoxy groups -OCH3 is 1. The number of aryl methyl sites for hydroxylation is 2. The van der Waals surface area contributed by atoms with Gasteiger partial charge in [-0.15, -0.1) is 0 Å². The zero-order chi connectivity index (χ0) is 14.4. The standard InChI is InChI=1S/C18H23NO/c1-4-17-10-5-7-14(2)18(17)19-12-15-8-6-9-16(11-15)13-20-3/h5-11,19H,4,12-13H2,1-3H3. The van der Waals surface area contributed by atoms with Gasteiger partial charge in [0.15, 0.2) is 0 Å². The molecule has 0 amide bonds. The van der Waals surface area contributed by atoms with Crippen LogP contribution in [0.1, 0.15) is 29.2 Å². The molecule has 2 aromatic carbocycles. The SMILES string of the molecule is CCc1cccc(C)c1NCc1cccc(COC)c1. The van der Waals surface area contributed by atoms with Gasteiger partial charge >= 0.3 is 0 Å². The normalized spacial score (nSPS) is 10.6. The second-order valence-electron chi connectivity index (χ2n) is 5.07. The first-order chi connectivity index (χ1) is 9.74. The smallest absolute Gasteiger partial charge is 0.0713 e. The van der Waals surface area contributed by atoms with E-state index in [2.05, 4.69) is 61.6 Å². The van der Waals surface area contributed by atoms with Crippen LogP contribution in [0.5, 0.6) is 0 Å². The van der Waals surface area contributed by atoms with Crippen molar-refractivity contribution in [2.45, 2.75) is 33.4 Å². The van der Waals surface area contributed by atoms with Gasteiger partial charge in [0.2, 0.25) is 0 Å². The monoisotopic (exact) mass is 269 g/mol. The zero-order valence-corrected chi connectivity index (χ0v) is 12.6. The Labute approximate surface area is 121 Å². The first kappa shape index (κ1) is 14.6. The number of nitrogens with one attached hydrogen (secondary N) is 1. The summed E-state index contributed by atoms with van der Waals surface area (Å²) in [5, 5.41) is 3.58. The summed E-state index contributed by atoms with van der Waals surface area (Å²) in [4.78, 5) is 0. The summed E-state index contributed by atoms with van der Waals surface area (Å²) < 4.78 is 5.18. The molecule has 0 aliphatic rings. The zero-order valence-electron chi connectivity index (χ0n) is 12.6. The molecular weight excluding hydrogens is 246 g/mol. The molecule has 2 rings (SSSR count). The summed E-state index contributed by atoms with van der Waals surface area (Å²) >= 11 is 0. The van der Waals surface area contributed by atoms with Crippen LogP contribution >= 0.6 is 0 Å². The van der Waals surface area contributed by atoms with E-state index in [1.165, 1.54) is 27.9 Å². The number of rotatable bonds is 6. The lowest BCUT2D eigenvalue weighted by Crippen LogP contribution is -2.04. The Balaban J connectivity index is 2.10. The molecule has 106 valence electrons. The molecule has 0 heterocycles. The predicted octanol–water partition coefficient (Wildman–Crippen LogP) is 4.32. The molecule has 0 atom stereocenters. The van der Waals surface area contributed by atoms with Crippen LogP contribution in [-0.2, 0) is 24.3 Å². The maximum atomic E-state index is 5.18. The van der Waals surface area contributed by atoms with Crippen LogP contribution in [0.15, 0.2) is 42.5 Å². The molecule has 0 radical (unpaired) electrons. The molecule has 0 unspecified atom stereocenters. The molecular formula is C18H23NO. The molecule has 20 heavy (non-hydrogen) atoms. The Morgan fingerprint density at radius 3 is 2.55 bits per heavy atom. The lowest BCUT2D eigenvalue weighted by molar-refractivity contribution is 0.185. The number of hydrogen-bond donors (Lipinski definition) is 1. The van der Waals surface area contributed by atoms with Crippen molar-refractivity contribution >= 4 is 5.69 Å². The van der Waals surface area contributed by atoms with E-state index in [1.54, 1.807) is 7.11 Å². The van der Waals surface area contributed by atoms with Crippen LogP contribution in [0.3, 0.4) is 0 Å². The van der Waals surface area contributed by atoms with Crippen molar-refractivity contribution in [1.82, 2.24) is 0 Å². The molecule has 0 saturated carbocycles. The Kier molecular flexibility index (Phi) is 5.19. The fraction of sp³-hybridized carbons (Fsp3) is 0.333. The topological polar surface area (TPSA) is 21.3 Å². The lowest BCUT2D eigenvalue weighted by atomic mass is 10.1. The molecule has 0 saturated heterocycles. The van der Waals surface area contributed by atoms with E-state index in [0.717, 1.165) is 13.0 Å². The van der Waals surface area contributed by atoms with Gasteiger partial charge in [-0.3, -0.25) is 0 Å². The van der Waals surface area contributed by atoms with E-state index in [4.69, 9.17) is 4.74 Å². The van der Waals surface area contributed by atoms with Gasteiger partial charge in [0.1, 0.15) is 0 Å². The van der Waals surface area contributed by atoms with Gasteiger partial charge in [-0.25, -0.2) is 0 Å². The van der Waals surface area contributed by atoms with Crippen molar-refractivity contribution in [1.29, 1.82) is 0 Å². The van der Waals surface area contributed by atoms with Crippen molar-refractivity contribution in [3.05, 3.63) is 64.7 Å². The molecule has 1 N–H and O–H groups in total. The highest BCUT2D eigenvalue weighted by Crippen LogP contribution is 2.22. The number of benzene rings is 2. The van der Waals surface area contributed by atoms with Crippen LogP contribution < -0.4 is 5.32 Å². The Morgan fingerprint density at radius 1 is 1.05 bits per heavy atom. The summed E-state index contributed by atoms with van der Waals surface area (Å²) in [6.07, 6.45) is 1.05. The van der Waals surface area contributed by atoms with Crippen molar-refractivity contribution in [2.75, 3.05) is 12.4 Å². The van der Waals surface area contributed by atoms with E-state index in [1.807, 2.05) is 0 Å². The van der Waals surface area contributed by atoms with Crippen molar-refractivity contribution in [3.8, 4) is 0 Å². The third kappa shape index (κ3) is 3.61. The number of ether oxygens (including phenoxy) is 1. The highest BCUT2D eigenvalue weighted by atomic mass is 16.5. The Morgan fingerprint density at radius 2 is 1.80 bits per heavy atom. The van der Waals surface area contributed by atoms with E-state index in [-0.39, 0.29) is 0 Å². The molecule has 0 aromatic heterocycles. The van der Waals surface area contributed by atoms with E-state index in [9.17, 15) is 0 Å². The average Bonchev–Trinajstić information content (AvgIpc) is 2.46. The lowest BCUT2D eigenvalue weighted by Gasteiger charge is -2.14. The summed E-state index contributed by atoms with van der Waals surface area (Å²) in [5.74, 6) is 0. The minimum atomic E-state index is 0.665. The van der Waals surface area contributed by atoms with E-state index < -0.39 is 0 Å². The van der Waals surface area contributed by atoms with Gasteiger partial charge in [0.05, 0.1) is 6.61 Å². The van der Waals surface area contributed by atoms with Gasteiger partial charge in [0.25, 0.3) is 0 Å². The van der Waals surface area contributed by atoms with Crippen molar-refractivity contribution < 1.29 is 4.74 Å². The predicted molar refractivity (Wildman–Crippen MR) is 85.0 cm³/mol. The highest BCUT2D eigenvalue weighted by Gasteiger charge is 2.04. The number of hydrogen-bond acceptors (Lipinski definition) is 2. The summed E-state index contributed by atoms with van der Waals surface area (Å²) in [5.41, 5.74) is 6.44. The number of anilines is 1. The largest absolute Gasteiger partial charge is 0.381 e. The van der Waals surface area contributed by atoms with Gasteiger partial charge in [-0.1, -0.05) is 49.4 Å². The summed E-state index contributed by atoms with van der Waals surface area (Å²) in [6, 6.07) is 15.0. The van der Waals surface area contributed by atoms with Crippen LogP contribution in [-0.4, -0.2) is 7.11 Å². The molecule has 0 bridgehead atoms. The van der Waals surface area contributed by atoms with Crippen LogP contribution in [0.4, 0.5) is 5.69 Å². The second kappa shape index (κ2) is 7.11. The molecule has 2 aromatic rings. The molecule has 2 nitrogen and oxygen atoms in total. The van der Waals surface area contributed by atoms with Gasteiger partial charge < -0.3 is 10.1 Å². The molecule has 2 heteroatoms. The minimum Gasteiger partial charge on any atom is -0.381 e. The minimum absolute atomic E-state index is 0.665. The average molecular weight is 269 g/mol. The number of para-hydroxylation sites is 1. The van der Waals surface area contributed by atoms with E-state index >= 15 is 0 Å².